The molecule has 6 heteroatoms. The Morgan fingerprint density at radius 1 is 1.47 bits per heavy atom. The van der Waals surface area contributed by atoms with Crippen molar-refractivity contribution >= 4 is 9.84 Å². The molecular formula is C13H19FN2O2S. The molecule has 106 valence electrons. The van der Waals surface area contributed by atoms with Gasteiger partial charge in [0.05, 0.1) is 11.4 Å². The van der Waals surface area contributed by atoms with Crippen molar-refractivity contribution in [3.63, 3.8) is 0 Å². The molecule has 0 spiro atoms. The summed E-state index contributed by atoms with van der Waals surface area (Å²) in [6.45, 7) is 0. The summed E-state index contributed by atoms with van der Waals surface area (Å²) in [5.74, 6) is -0.415. The Labute approximate surface area is 113 Å². The maximum Gasteiger partial charge on any atom is 0.150 e. The van der Waals surface area contributed by atoms with Crippen LogP contribution in [-0.2, 0) is 9.84 Å². The van der Waals surface area contributed by atoms with Gasteiger partial charge in [0, 0.05) is 24.1 Å². The van der Waals surface area contributed by atoms with E-state index in [-0.39, 0.29) is 11.2 Å². The van der Waals surface area contributed by atoms with Crippen LogP contribution in [0, 0.1) is 11.7 Å². The van der Waals surface area contributed by atoms with Crippen LogP contribution in [0.5, 0.6) is 0 Å². The van der Waals surface area contributed by atoms with E-state index < -0.39 is 21.7 Å². The summed E-state index contributed by atoms with van der Waals surface area (Å²) >= 11 is 0. The Balaban J connectivity index is 2.16. The standard InChI is InChI=1S/C13H19FN2O2S/c1-19(17,18)10-4-2-3-9(7-10)13(15)11-5-6-16-8-12(11)14/h5-6,8-10,13H,2-4,7,15H2,1H3. The number of halogens is 1. The van der Waals surface area contributed by atoms with Gasteiger partial charge in [0.2, 0.25) is 0 Å². The fourth-order valence-corrected chi connectivity index (χ4v) is 4.00. The minimum absolute atomic E-state index is 0.00498. The molecule has 1 heterocycles. The molecule has 3 atom stereocenters. The van der Waals surface area contributed by atoms with E-state index in [9.17, 15) is 12.8 Å². The van der Waals surface area contributed by atoms with Crippen LogP contribution in [0.1, 0.15) is 37.3 Å². The lowest BCUT2D eigenvalue weighted by molar-refractivity contribution is 0.304. The topological polar surface area (TPSA) is 73.0 Å². The summed E-state index contributed by atoms with van der Waals surface area (Å²) in [7, 11) is -3.05. The maximum atomic E-state index is 13.7. The quantitative estimate of drug-likeness (QED) is 0.920. The molecule has 19 heavy (non-hydrogen) atoms. The van der Waals surface area contributed by atoms with Crippen LogP contribution in [0.4, 0.5) is 4.39 Å². The normalized spacial score (nSPS) is 26.1. The van der Waals surface area contributed by atoms with E-state index in [0.29, 0.717) is 18.4 Å². The van der Waals surface area contributed by atoms with Crippen molar-refractivity contribution in [2.45, 2.75) is 37.0 Å². The average Bonchev–Trinajstić information content (AvgIpc) is 2.38. The van der Waals surface area contributed by atoms with E-state index in [1.807, 2.05) is 0 Å². The van der Waals surface area contributed by atoms with Crippen LogP contribution in [0.25, 0.3) is 0 Å². The SMILES string of the molecule is CS(=O)(=O)C1CCCC(C(N)c2ccncc2F)C1. The molecule has 1 aliphatic rings. The number of pyridine rings is 1. The summed E-state index contributed by atoms with van der Waals surface area (Å²) in [5.41, 5.74) is 6.54. The summed E-state index contributed by atoms with van der Waals surface area (Å²) in [5, 5.41) is -0.345. The first-order valence-corrected chi connectivity index (χ1v) is 8.39. The Morgan fingerprint density at radius 2 is 2.21 bits per heavy atom. The van der Waals surface area contributed by atoms with Crippen LogP contribution in [-0.4, -0.2) is 24.9 Å². The Morgan fingerprint density at radius 3 is 2.84 bits per heavy atom. The predicted octanol–water partition coefficient (Wildman–Crippen LogP) is 1.82. The molecule has 0 amide bonds. The van der Waals surface area contributed by atoms with Crippen molar-refractivity contribution in [2.24, 2.45) is 11.7 Å². The van der Waals surface area contributed by atoms with Crippen LogP contribution in [0.3, 0.4) is 0 Å². The van der Waals surface area contributed by atoms with Crippen LogP contribution in [0.15, 0.2) is 18.5 Å². The molecule has 1 saturated carbocycles. The highest BCUT2D eigenvalue weighted by Gasteiger charge is 2.33. The van der Waals surface area contributed by atoms with E-state index in [2.05, 4.69) is 4.98 Å². The van der Waals surface area contributed by atoms with Gasteiger partial charge in [-0.2, -0.15) is 0 Å². The first kappa shape index (κ1) is 14.4. The first-order valence-electron chi connectivity index (χ1n) is 6.43. The fraction of sp³-hybridized carbons (Fsp3) is 0.615. The zero-order chi connectivity index (χ0) is 14.0. The summed E-state index contributed by atoms with van der Waals surface area (Å²) in [4.78, 5) is 3.70. The second kappa shape index (κ2) is 5.54. The number of hydrogen-bond donors (Lipinski definition) is 1. The highest BCUT2D eigenvalue weighted by Crippen LogP contribution is 2.36. The van der Waals surface area contributed by atoms with Gasteiger partial charge in [0.1, 0.15) is 15.7 Å². The number of hydrogen-bond acceptors (Lipinski definition) is 4. The largest absolute Gasteiger partial charge is 0.324 e. The lowest BCUT2D eigenvalue weighted by Crippen LogP contribution is -2.33. The van der Waals surface area contributed by atoms with Gasteiger partial charge in [-0.15, -0.1) is 0 Å². The molecule has 3 unspecified atom stereocenters. The molecule has 0 aliphatic heterocycles. The number of rotatable bonds is 3. The molecule has 0 saturated heterocycles. The number of nitrogens with zero attached hydrogens (tertiary/aromatic N) is 1. The fourth-order valence-electron chi connectivity index (χ4n) is 2.81. The van der Waals surface area contributed by atoms with E-state index in [1.54, 1.807) is 6.07 Å². The Bertz CT molecular complexity index is 547. The van der Waals surface area contributed by atoms with Crippen molar-refractivity contribution in [3.8, 4) is 0 Å². The van der Waals surface area contributed by atoms with Gasteiger partial charge in [0.15, 0.2) is 0 Å². The van der Waals surface area contributed by atoms with Crippen molar-refractivity contribution in [2.75, 3.05) is 6.26 Å². The molecule has 0 radical (unpaired) electrons. The Hall–Kier alpha value is -1.01. The Kier molecular flexibility index (Phi) is 4.20. The first-order chi connectivity index (χ1) is 8.89. The molecule has 1 fully saturated rings. The van der Waals surface area contributed by atoms with E-state index in [1.165, 1.54) is 12.5 Å². The minimum atomic E-state index is -3.05. The molecule has 1 aromatic rings. The molecule has 0 aromatic carbocycles. The molecule has 0 bridgehead atoms. The van der Waals surface area contributed by atoms with Crippen LogP contribution < -0.4 is 5.73 Å². The third-order valence-corrected chi connectivity index (χ3v) is 5.58. The number of aromatic nitrogens is 1. The van der Waals surface area contributed by atoms with Crippen molar-refractivity contribution < 1.29 is 12.8 Å². The highest BCUT2D eigenvalue weighted by molar-refractivity contribution is 7.91. The smallest absolute Gasteiger partial charge is 0.150 e. The molecule has 2 N–H and O–H groups in total. The van der Waals surface area contributed by atoms with Crippen LogP contribution in [0.2, 0.25) is 0 Å². The van der Waals surface area contributed by atoms with Gasteiger partial charge in [0.25, 0.3) is 0 Å². The third-order valence-electron chi connectivity index (χ3n) is 3.94. The number of sulfone groups is 1. The van der Waals surface area contributed by atoms with E-state index >= 15 is 0 Å². The van der Waals surface area contributed by atoms with Gasteiger partial charge in [-0.1, -0.05) is 6.42 Å². The van der Waals surface area contributed by atoms with E-state index in [4.69, 9.17) is 5.73 Å². The molecule has 1 aliphatic carbocycles. The second-order valence-corrected chi connectivity index (χ2v) is 7.63. The summed E-state index contributed by atoms with van der Waals surface area (Å²) in [6.07, 6.45) is 6.78. The van der Waals surface area contributed by atoms with Gasteiger partial charge >= 0.3 is 0 Å². The predicted molar refractivity (Wildman–Crippen MR) is 71.7 cm³/mol. The van der Waals surface area contributed by atoms with Gasteiger partial charge in [-0.25, -0.2) is 12.8 Å². The maximum absolute atomic E-state index is 13.7. The van der Waals surface area contributed by atoms with Crippen molar-refractivity contribution in [3.05, 3.63) is 29.8 Å². The minimum Gasteiger partial charge on any atom is -0.324 e. The zero-order valence-corrected chi connectivity index (χ0v) is 11.7. The molecular weight excluding hydrogens is 267 g/mol. The zero-order valence-electron chi connectivity index (χ0n) is 10.9. The average molecular weight is 286 g/mol. The van der Waals surface area contributed by atoms with Gasteiger partial charge < -0.3 is 5.73 Å². The highest BCUT2D eigenvalue weighted by atomic mass is 32.2. The molecule has 2 rings (SSSR count). The van der Waals surface area contributed by atoms with Gasteiger partial charge in [-0.3, -0.25) is 4.98 Å². The summed E-state index contributed by atoms with van der Waals surface area (Å²) in [6, 6.07) is 1.11. The van der Waals surface area contributed by atoms with Crippen LogP contribution >= 0.6 is 0 Å². The van der Waals surface area contributed by atoms with Crippen molar-refractivity contribution in [1.29, 1.82) is 0 Å². The third kappa shape index (κ3) is 3.30. The van der Waals surface area contributed by atoms with Gasteiger partial charge in [-0.05, 0) is 31.2 Å². The molecule has 4 nitrogen and oxygen atoms in total. The molecule has 1 aromatic heterocycles. The summed E-state index contributed by atoms with van der Waals surface area (Å²) < 4.78 is 36.9. The van der Waals surface area contributed by atoms with E-state index in [0.717, 1.165) is 19.0 Å². The lowest BCUT2D eigenvalue weighted by atomic mass is 9.81. The van der Waals surface area contributed by atoms with Crippen molar-refractivity contribution in [1.82, 2.24) is 4.98 Å². The monoisotopic (exact) mass is 286 g/mol. The second-order valence-electron chi connectivity index (χ2n) is 5.30. The number of nitrogens with two attached hydrogens (primary N) is 1. The lowest BCUT2D eigenvalue weighted by Gasteiger charge is -2.32.